The third-order valence-corrected chi connectivity index (χ3v) is 5.12. The van der Waals surface area contributed by atoms with E-state index in [4.69, 9.17) is 0 Å². The first-order chi connectivity index (χ1) is 13.6. The fourth-order valence-electron chi connectivity index (χ4n) is 2.97. The number of benzene rings is 1. The van der Waals surface area contributed by atoms with Crippen LogP contribution in [-0.4, -0.2) is 25.5 Å². The topological polar surface area (TPSA) is 106 Å². The van der Waals surface area contributed by atoms with E-state index in [1.54, 1.807) is 17.6 Å². The van der Waals surface area contributed by atoms with Crippen LogP contribution in [0, 0.1) is 18.3 Å². The first kappa shape index (κ1) is 17.6. The highest BCUT2D eigenvalue weighted by Gasteiger charge is 2.17. The molecule has 0 fully saturated rings. The third-order valence-electron chi connectivity index (χ3n) is 4.24. The van der Waals surface area contributed by atoms with Crippen LogP contribution in [0.15, 0.2) is 52.9 Å². The molecule has 0 radical (unpaired) electrons. The van der Waals surface area contributed by atoms with E-state index in [-0.39, 0.29) is 18.0 Å². The Hall–Kier alpha value is -3.77. The molecule has 0 unspecified atom stereocenters. The minimum atomic E-state index is -0.372. The van der Waals surface area contributed by atoms with Gasteiger partial charge in [-0.1, -0.05) is 16.8 Å². The number of hydrogen-bond acceptors (Lipinski definition) is 6. The van der Waals surface area contributed by atoms with Gasteiger partial charge in [-0.05, 0) is 30.5 Å². The highest BCUT2D eigenvalue weighted by atomic mass is 32.1. The number of fused-ring (bicyclic) bond motifs is 1. The van der Waals surface area contributed by atoms with Crippen LogP contribution in [0.5, 0.6) is 0 Å². The van der Waals surface area contributed by atoms with Crippen molar-refractivity contribution in [1.82, 2.24) is 19.6 Å². The number of aromatic nitrogens is 4. The Morgan fingerprint density at radius 1 is 1.32 bits per heavy atom. The lowest BCUT2D eigenvalue weighted by molar-refractivity contribution is -0.116. The molecule has 138 valence electrons. The number of aryl methyl sites for hydroxylation is 1. The predicted octanol–water partition coefficient (Wildman–Crippen LogP) is 2.46. The van der Waals surface area contributed by atoms with E-state index < -0.39 is 0 Å². The molecule has 1 amide bonds. The predicted molar refractivity (Wildman–Crippen MR) is 106 cm³/mol. The fourth-order valence-corrected chi connectivity index (χ4v) is 3.86. The van der Waals surface area contributed by atoms with E-state index in [2.05, 4.69) is 21.7 Å². The van der Waals surface area contributed by atoms with Gasteiger partial charge in [-0.25, -0.2) is 4.68 Å². The molecule has 4 rings (SSSR count). The lowest BCUT2D eigenvalue weighted by atomic mass is 10.1. The van der Waals surface area contributed by atoms with Gasteiger partial charge in [0.1, 0.15) is 23.3 Å². The molecule has 9 heteroatoms. The molecule has 0 saturated heterocycles. The molecule has 1 aromatic carbocycles. The number of anilines is 1. The molecule has 0 bridgehead atoms. The summed E-state index contributed by atoms with van der Waals surface area (Å²) in [6.45, 7) is 1.83. The maximum Gasteiger partial charge on any atom is 0.251 e. The Bertz CT molecular complexity index is 1280. The highest BCUT2D eigenvalue weighted by molar-refractivity contribution is 7.15. The summed E-state index contributed by atoms with van der Waals surface area (Å²) in [5.74, 6) is -0.372. The normalized spacial score (nSPS) is 10.7. The van der Waals surface area contributed by atoms with Gasteiger partial charge < -0.3 is 5.32 Å². The summed E-state index contributed by atoms with van der Waals surface area (Å²) in [4.78, 5) is 25.0. The van der Waals surface area contributed by atoms with E-state index >= 15 is 0 Å². The molecule has 4 aromatic rings. The largest absolute Gasteiger partial charge is 0.314 e. The van der Waals surface area contributed by atoms with E-state index in [0.717, 1.165) is 10.9 Å². The Morgan fingerprint density at radius 3 is 2.93 bits per heavy atom. The minimum Gasteiger partial charge on any atom is -0.314 e. The second-order valence-electron chi connectivity index (χ2n) is 6.15. The average molecular weight is 390 g/mol. The van der Waals surface area contributed by atoms with Crippen LogP contribution in [-0.2, 0) is 11.3 Å². The Morgan fingerprint density at radius 2 is 2.18 bits per heavy atom. The van der Waals surface area contributed by atoms with Crippen LogP contribution in [0.2, 0.25) is 0 Å². The first-order valence-electron chi connectivity index (χ1n) is 8.35. The Kier molecular flexibility index (Phi) is 4.47. The van der Waals surface area contributed by atoms with Crippen LogP contribution < -0.4 is 10.9 Å². The van der Waals surface area contributed by atoms with Gasteiger partial charge in [0, 0.05) is 11.4 Å². The minimum absolute atomic E-state index is 0.143. The first-order valence-corrected chi connectivity index (χ1v) is 9.23. The van der Waals surface area contributed by atoms with Crippen molar-refractivity contribution >= 4 is 33.1 Å². The van der Waals surface area contributed by atoms with Crippen molar-refractivity contribution in [2.75, 3.05) is 5.32 Å². The lowest BCUT2D eigenvalue weighted by Gasteiger charge is -2.11. The Balaban J connectivity index is 1.66. The SMILES string of the molecule is Cc1ccc2c(ccc(=O)n2CC(=O)Nc2scc(C#N)c2-n2ccnn2)c1. The van der Waals surface area contributed by atoms with E-state index in [9.17, 15) is 14.9 Å². The summed E-state index contributed by atoms with van der Waals surface area (Å²) < 4.78 is 2.86. The van der Waals surface area contributed by atoms with Crippen molar-refractivity contribution in [3.63, 3.8) is 0 Å². The van der Waals surface area contributed by atoms with Gasteiger partial charge in [0.05, 0.1) is 23.5 Å². The number of amides is 1. The molecule has 28 heavy (non-hydrogen) atoms. The second-order valence-corrected chi connectivity index (χ2v) is 7.03. The molecule has 0 aliphatic rings. The summed E-state index contributed by atoms with van der Waals surface area (Å²) in [7, 11) is 0. The van der Waals surface area contributed by atoms with Gasteiger partial charge in [0.25, 0.3) is 5.56 Å². The lowest BCUT2D eigenvalue weighted by Crippen LogP contribution is -2.27. The summed E-state index contributed by atoms with van der Waals surface area (Å²) in [5, 5.41) is 22.7. The van der Waals surface area contributed by atoms with Crippen LogP contribution in [0.25, 0.3) is 16.6 Å². The molecule has 0 atom stereocenters. The highest BCUT2D eigenvalue weighted by Crippen LogP contribution is 2.30. The zero-order valence-corrected chi connectivity index (χ0v) is 15.6. The van der Waals surface area contributed by atoms with Gasteiger partial charge >= 0.3 is 0 Å². The zero-order valence-electron chi connectivity index (χ0n) is 14.8. The van der Waals surface area contributed by atoms with Crippen molar-refractivity contribution in [3.8, 4) is 11.8 Å². The van der Waals surface area contributed by atoms with Crippen LogP contribution in [0.4, 0.5) is 5.00 Å². The van der Waals surface area contributed by atoms with Crippen LogP contribution >= 0.6 is 11.3 Å². The molecule has 0 saturated carbocycles. The molecular formula is C19H14N6O2S. The molecule has 1 N–H and O–H groups in total. The van der Waals surface area contributed by atoms with E-state index in [0.29, 0.717) is 21.8 Å². The summed E-state index contributed by atoms with van der Waals surface area (Å²) in [5.41, 5.74) is 2.34. The second kappa shape index (κ2) is 7.09. The van der Waals surface area contributed by atoms with Gasteiger partial charge in [-0.2, -0.15) is 5.26 Å². The molecular weight excluding hydrogens is 376 g/mol. The summed E-state index contributed by atoms with van der Waals surface area (Å²) in [6.07, 6.45) is 3.08. The number of pyridine rings is 1. The van der Waals surface area contributed by atoms with E-state index in [1.807, 2.05) is 25.1 Å². The standard InChI is InChI=1S/C19H14N6O2S/c1-12-2-4-15-13(8-12)3-5-17(27)24(15)10-16(26)22-19-18(14(9-20)11-28-19)25-7-6-21-23-25/h2-8,11H,10H2,1H3,(H,22,26). The smallest absolute Gasteiger partial charge is 0.251 e. The molecule has 3 heterocycles. The third kappa shape index (κ3) is 3.17. The van der Waals surface area contributed by atoms with Gasteiger partial charge in [-0.15, -0.1) is 16.4 Å². The molecule has 8 nitrogen and oxygen atoms in total. The maximum atomic E-state index is 12.7. The monoisotopic (exact) mass is 390 g/mol. The quantitative estimate of drug-likeness (QED) is 0.576. The van der Waals surface area contributed by atoms with Crippen LogP contribution in [0.1, 0.15) is 11.1 Å². The fraction of sp³-hybridized carbons (Fsp3) is 0.105. The van der Waals surface area contributed by atoms with Gasteiger partial charge in [0.15, 0.2) is 0 Å². The zero-order chi connectivity index (χ0) is 19.7. The van der Waals surface area contributed by atoms with Crippen molar-refractivity contribution in [2.24, 2.45) is 0 Å². The van der Waals surface area contributed by atoms with Crippen molar-refractivity contribution in [1.29, 1.82) is 5.26 Å². The number of nitriles is 1. The number of carbonyl (C=O) groups excluding carboxylic acids is 1. The summed E-state index contributed by atoms with van der Waals surface area (Å²) >= 11 is 1.22. The Labute approximate surface area is 163 Å². The maximum absolute atomic E-state index is 12.7. The van der Waals surface area contributed by atoms with Crippen molar-refractivity contribution in [2.45, 2.75) is 13.5 Å². The van der Waals surface area contributed by atoms with Crippen LogP contribution in [0.3, 0.4) is 0 Å². The molecule has 3 aromatic heterocycles. The van der Waals surface area contributed by atoms with Gasteiger partial charge in [0.2, 0.25) is 5.91 Å². The van der Waals surface area contributed by atoms with Crippen molar-refractivity contribution < 1.29 is 4.79 Å². The van der Waals surface area contributed by atoms with Crippen molar-refractivity contribution in [3.05, 3.63) is 69.6 Å². The summed E-state index contributed by atoms with van der Waals surface area (Å²) in [6, 6.07) is 11.0. The number of nitrogens with zero attached hydrogens (tertiary/aromatic N) is 5. The molecule has 0 aliphatic carbocycles. The average Bonchev–Trinajstić information content (AvgIpc) is 3.33. The van der Waals surface area contributed by atoms with Gasteiger partial charge in [-0.3, -0.25) is 14.2 Å². The van der Waals surface area contributed by atoms with E-state index in [1.165, 1.54) is 32.8 Å². The number of thiophene rings is 1. The molecule has 0 spiro atoms. The number of carbonyl (C=O) groups is 1. The number of rotatable bonds is 4. The number of hydrogen-bond donors (Lipinski definition) is 1. The number of nitrogens with one attached hydrogen (secondary N) is 1. The molecule has 0 aliphatic heterocycles.